The van der Waals surface area contributed by atoms with Crippen LogP contribution in [0.2, 0.25) is 0 Å². The number of carbonyl (C=O) groups excluding carboxylic acids is 1. The molecule has 146 valence electrons. The van der Waals surface area contributed by atoms with Gasteiger partial charge >= 0.3 is 0 Å². The lowest BCUT2D eigenvalue weighted by molar-refractivity contribution is -0.119. The van der Waals surface area contributed by atoms with Crippen LogP contribution in [0.25, 0.3) is 0 Å². The van der Waals surface area contributed by atoms with Gasteiger partial charge in [0.1, 0.15) is 6.54 Å². The maximum Gasteiger partial charge on any atom is 0.241 e. The fourth-order valence-electron chi connectivity index (χ4n) is 2.75. The van der Waals surface area contributed by atoms with E-state index in [2.05, 4.69) is 66.0 Å². The van der Waals surface area contributed by atoms with E-state index in [1.807, 2.05) is 13.8 Å². The number of halogens is 2. The SMILES string of the molecule is CCCNC(=O)CN=C(NCC)NC1CCN(c2ccc(Br)cc2)C1.I. The predicted octanol–water partition coefficient (Wildman–Crippen LogP) is 2.73. The average molecular weight is 538 g/mol. The number of anilines is 1. The molecule has 1 saturated heterocycles. The van der Waals surface area contributed by atoms with Crippen LogP contribution in [0.3, 0.4) is 0 Å². The van der Waals surface area contributed by atoms with E-state index in [1.54, 1.807) is 0 Å². The molecule has 1 aliphatic rings. The van der Waals surface area contributed by atoms with E-state index >= 15 is 0 Å². The second-order valence-corrected chi connectivity index (χ2v) is 7.01. The summed E-state index contributed by atoms with van der Waals surface area (Å²) in [6, 6.07) is 8.71. The second-order valence-electron chi connectivity index (χ2n) is 6.10. The number of hydrogen-bond donors (Lipinski definition) is 3. The van der Waals surface area contributed by atoms with Crippen LogP contribution >= 0.6 is 39.9 Å². The minimum atomic E-state index is -0.0398. The van der Waals surface area contributed by atoms with Crippen LogP contribution in [0.15, 0.2) is 33.7 Å². The molecule has 1 aromatic rings. The molecule has 1 heterocycles. The lowest BCUT2D eigenvalue weighted by Gasteiger charge is -2.20. The number of guanidine groups is 1. The van der Waals surface area contributed by atoms with Crippen LogP contribution in [-0.4, -0.2) is 50.6 Å². The molecule has 0 aromatic heterocycles. The van der Waals surface area contributed by atoms with Crippen molar-refractivity contribution in [2.75, 3.05) is 37.6 Å². The van der Waals surface area contributed by atoms with Gasteiger partial charge in [-0.05, 0) is 44.0 Å². The zero-order chi connectivity index (χ0) is 18.1. The van der Waals surface area contributed by atoms with Crippen molar-refractivity contribution in [3.63, 3.8) is 0 Å². The van der Waals surface area contributed by atoms with Gasteiger partial charge in [0.25, 0.3) is 0 Å². The van der Waals surface area contributed by atoms with Gasteiger partial charge < -0.3 is 20.9 Å². The number of benzene rings is 1. The summed E-state index contributed by atoms with van der Waals surface area (Å²) in [7, 11) is 0. The van der Waals surface area contributed by atoms with Gasteiger partial charge in [-0.2, -0.15) is 0 Å². The number of carbonyl (C=O) groups is 1. The zero-order valence-corrected chi connectivity index (χ0v) is 19.3. The third kappa shape index (κ3) is 7.69. The molecule has 1 aliphatic heterocycles. The van der Waals surface area contributed by atoms with Gasteiger partial charge in [-0.15, -0.1) is 24.0 Å². The Hall–Kier alpha value is -1.03. The number of rotatable bonds is 7. The number of hydrogen-bond acceptors (Lipinski definition) is 3. The summed E-state index contributed by atoms with van der Waals surface area (Å²) in [5.41, 5.74) is 1.23. The monoisotopic (exact) mass is 537 g/mol. The molecule has 0 spiro atoms. The maximum atomic E-state index is 11.7. The van der Waals surface area contributed by atoms with Crippen molar-refractivity contribution in [3.8, 4) is 0 Å². The Morgan fingerprint density at radius 2 is 2.00 bits per heavy atom. The molecule has 1 unspecified atom stereocenters. The first-order chi connectivity index (χ1) is 12.1. The molecular weight excluding hydrogens is 509 g/mol. The molecule has 0 aliphatic carbocycles. The van der Waals surface area contributed by atoms with Gasteiger partial charge in [-0.3, -0.25) is 4.79 Å². The van der Waals surface area contributed by atoms with Crippen molar-refractivity contribution in [1.29, 1.82) is 0 Å². The summed E-state index contributed by atoms with van der Waals surface area (Å²) < 4.78 is 1.09. The first-order valence-corrected chi connectivity index (χ1v) is 9.73. The molecule has 26 heavy (non-hydrogen) atoms. The minimum absolute atomic E-state index is 0. The molecule has 8 heteroatoms. The van der Waals surface area contributed by atoms with Gasteiger partial charge in [0.05, 0.1) is 0 Å². The predicted molar refractivity (Wildman–Crippen MR) is 123 cm³/mol. The number of aliphatic imine (C=N–C) groups is 1. The van der Waals surface area contributed by atoms with Crippen LogP contribution in [-0.2, 0) is 4.79 Å². The van der Waals surface area contributed by atoms with Crippen molar-refractivity contribution < 1.29 is 4.79 Å². The molecule has 1 aromatic carbocycles. The lowest BCUT2D eigenvalue weighted by atomic mass is 10.3. The Bertz CT molecular complexity index is 581. The fraction of sp³-hybridized carbons (Fsp3) is 0.556. The highest BCUT2D eigenvalue weighted by Crippen LogP contribution is 2.22. The molecule has 6 nitrogen and oxygen atoms in total. The highest BCUT2D eigenvalue weighted by molar-refractivity contribution is 14.0. The Kier molecular flexibility index (Phi) is 11.0. The van der Waals surface area contributed by atoms with Gasteiger partial charge in [0.15, 0.2) is 5.96 Å². The number of nitrogens with one attached hydrogen (secondary N) is 3. The third-order valence-electron chi connectivity index (χ3n) is 4.02. The second kappa shape index (κ2) is 12.4. The lowest BCUT2D eigenvalue weighted by Crippen LogP contribution is -2.45. The highest BCUT2D eigenvalue weighted by Gasteiger charge is 2.23. The normalized spacial score (nSPS) is 16.8. The quantitative estimate of drug-likeness (QED) is 0.284. The zero-order valence-electron chi connectivity index (χ0n) is 15.4. The molecule has 1 atom stereocenters. The van der Waals surface area contributed by atoms with Crippen molar-refractivity contribution in [3.05, 3.63) is 28.7 Å². The van der Waals surface area contributed by atoms with E-state index in [-0.39, 0.29) is 36.4 Å². The summed E-state index contributed by atoms with van der Waals surface area (Å²) >= 11 is 3.47. The summed E-state index contributed by atoms with van der Waals surface area (Å²) in [5, 5.41) is 9.51. The van der Waals surface area contributed by atoms with Crippen LogP contribution in [0.5, 0.6) is 0 Å². The van der Waals surface area contributed by atoms with Crippen molar-refractivity contribution in [2.45, 2.75) is 32.7 Å². The molecule has 1 amide bonds. The average Bonchev–Trinajstić information content (AvgIpc) is 3.07. The van der Waals surface area contributed by atoms with Crippen LogP contribution < -0.4 is 20.9 Å². The first kappa shape index (κ1) is 23.0. The Balaban J connectivity index is 0.00000338. The molecule has 0 saturated carbocycles. The van der Waals surface area contributed by atoms with Crippen LogP contribution in [0, 0.1) is 0 Å². The standard InChI is InChI=1S/C18H28BrN5O.HI/c1-3-10-21-17(25)12-22-18(20-4-2)23-15-9-11-24(13-15)16-7-5-14(19)6-8-16;/h5-8,15H,3-4,9-13H2,1-2H3,(H,21,25)(H2,20,22,23);1H. The third-order valence-corrected chi connectivity index (χ3v) is 4.55. The van der Waals surface area contributed by atoms with Gasteiger partial charge in [-0.25, -0.2) is 4.99 Å². The van der Waals surface area contributed by atoms with Gasteiger partial charge in [-0.1, -0.05) is 22.9 Å². The first-order valence-electron chi connectivity index (χ1n) is 8.94. The highest BCUT2D eigenvalue weighted by atomic mass is 127. The molecule has 1 fully saturated rings. The topological polar surface area (TPSA) is 68.8 Å². The van der Waals surface area contributed by atoms with Crippen LogP contribution in [0.1, 0.15) is 26.7 Å². The van der Waals surface area contributed by atoms with E-state index in [9.17, 15) is 4.79 Å². The van der Waals surface area contributed by atoms with Crippen molar-refractivity contribution in [2.24, 2.45) is 4.99 Å². The largest absolute Gasteiger partial charge is 0.369 e. The van der Waals surface area contributed by atoms with E-state index in [0.29, 0.717) is 18.5 Å². The Morgan fingerprint density at radius 3 is 2.65 bits per heavy atom. The summed E-state index contributed by atoms with van der Waals surface area (Å²) in [6.07, 6.45) is 1.98. The van der Waals surface area contributed by atoms with E-state index in [1.165, 1.54) is 5.69 Å². The molecule has 2 rings (SSSR count). The smallest absolute Gasteiger partial charge is 0.241 e. The number of amides is 1. The Labute approximate surface area is 181 Å². The van der Waals surface area contributed by atoms with E-state index in [0.717, 1.165) is 36.9 Å². The fourth-order valence-corrected chi connectivity index (χ4v) is 3.01. The molecule has 0 radical (unpaired) electrons. The minimum Gasteiger partial charge on any atom is -0.369 e. The molecule has 3 N–H and O–H groups in total. The summed E-state index contributed by atoms with van der Waals surface area (Å²) in [6.45, 7) is 7.61. The van der Waals surface area contributed by atoms with E-state index < -0.39 is 0 Å². The molecule has 0 bridgehead atoms. The van der Waals surface area contributed by atoms with Gasteiger partial charge in [0.2, 0.25) is 5.91 Å². The summed E-state index contributed by atoms with van der Waals surface area (Å²) in [4.78, 5) is 18.5. The van der Waals surface area contributed by atoms with E-state index in [4.69, 9.17) is 0 Å². The molecular formula is C18H29BrIN5O. The van der Waals surface area contributed by atoms with Crippen molar-refractivity contribution >= 4 is 57.5 Å². The van der Waals surface area contributed by atoms with Gasteiger partial charge in [0, 0.05) is 42.4 Å². The number of nitrogens with zero attached hydrogens (tertiary/aromatic N) is 2. The summed E-state index contributed by atoms with van der Waals surface area (Å²) in [5.74, 6) is 0.666. The van der Waals surface area contributed by atoms with Crippen LogP contribution in [0.4, 0.5) is 5.69 Å². The Morgan fingerprint density at radius 1 is 1.27 bits per heavy atom. The van der Waals surface area contributed by atoms with Crippen molar-refractivity contribution in [1.82, 2.24) is 16.0 Å². The maximum absolute atomic E-state index is 11.7.